The van der Waals surface area contributed by atoms with Crippen LogP contribution in [0.3, 0.4) is 0 Å². The molecule has 0 aliphatic heterocycles. The molecule has 1 aliphatic rings. The van der Waals surface area contributed by atoms with Crippen LogP contribution in [-0.2, 0) is 4.79 Å². The predicted molar refractivity (Wildman–Crippen MR) is 138 cm³/mol. The Kier molecular flexibility index (Phi) is 6.14. The van der Waals surface area contributed by atoms with Crippen molar-refractivity contribution in [1.29, 1.82) is 0 Å². The van der Waals surface area contributed by atoms with Gasteiger partial charge in [0.2, 0.25) is 11.9 Å². The van der Waals surface area contributed by atoms with Gasteiger partial charge in [-0.1, -0.05) is 13.8 Å². The Morgan fingerprint density at radius 2 is 2.11 bits per heavy atom. The van der Waals surface area contributed by atoms with E-state index >= 15 is 0 Å². The molecule has 3 aromatic heterocycles. The number of nitrogens with one attached hydrogen (secondary N) is 2. The number of benzene rings is 1. The average Bonchev–Trinajstić information content (AvgIpc) is 3.42. The molecule has 1 aliphatic carbocycles. The Balaban J connectivity index is 1.53. The smallest absolute Gasteiger partial charge is 0.225 e. The second-order valence-electron chi connectivity index (χ2n) is 9.33. The third-order valence-corrected chi connectivity index (χ3v) is 7.49. The van der Waals surface area contributed by atoms with E-state index in [4.69, 9.17) is 10.7 Å². The Hall–Kier alpha value is -3.18. The first-order chi connectivity index (χ1) is 16.8. The summed E-state index contributed by atoms with van der Waals surface area (Å²) in [5, 5.41) is 11.7. The van der Waals surface area contributed by atoms with E-state index in [1.165, 1.54) is 0 Å². The van der Waals surface area contributed by atoms with Crippen LogP contribution in [0.4, 0.5) is 5.95 Å². The normalized spacial score (nSPS) is 20.9. The molecule has 0 unspecified atom stereocenters. The van der Waals surface area contributed by atoms with Crippen LogP contribution in [0.15, 0.2) is 35.3 Å². The van der Waals surface area contributed by atoms with E-state index in [1.54, 1.807) is 30.3 Å². The number of nitrogens with two attached hydrogens (primary N) is 1. The summed E-state index contributed by atoms with van der Waals surface area (Å²) < 4.78 is 2.42. The Morgan fingerprint density at radius 3 is 2.89 bits per heavy atom. The number of carbonyl (C=O) groups excluding carboxylic acids is 1. The molecule has 1 saturated carbocycles. The van der Waals surface area contributed by atoms with E-state index in [9.17, 15) is 4.79 Å². The summed E-state index contributed by atoms with van der Waals surface area (Å²) in [6.45, 7) is 4.05. The van der Waals surface area contributed by atoms with Gasteiger partial charge in [0.1, 0.15) is 4.60 Å². The molecule has 0 radical (unpaired) electrons. The number of rotatable bonds is 6. The first-order valence-electron chi connectivity index (χ1n) is 11.7. The van der Waals surface area contributed by atoms with Crippen molar-refractivity contribution in [2.24, 2.45) is 11.1 Å². The molecule has 0 bridgehead atoms. The fraction of sp³-hybridized carbons (Fsp3) is 0.417. The summed E-state index contributed by atoms with van der Waals surface area (Å²) in [6, 6.07) is 3.88. The van der Waals surface area contributed by atoms with Crippen LogP contribution in [0.25, 0.3) is 27.8 Å². The van der Waals surface area contributed by atoms with Gasteiger partial charge in [0.25, 0.3) is 0 Å². The third kappa shape index (κ3) is 4.23. The number of amides is 1. The van der Waals surface area contributed by atoms with Gasteiger partial charge in [0.15, 0.2) is 5.65 Å². The van der Waals surface area contributed by atoms with Crippen molar-refractivity contribution in [2.75, 3.05) is 12.4 Å². The largest absolute Gasteiger partial charge is 0.359 e. The highest BCUT2D eigenvalue weighted by atomic mass is 79.9. The van der Waals surface area contributed by atoms with Gasteiger partial charge in [-0.2, -0.15) is 10.1 Å². The summed E-state index contributed by atoms with van der Waals surface area (Å²) in [5.41, 5.74) is 9.94. The molecule has 10 nitrogen and oxygen atoms in total. The Morgan fingerprint density at radius 1 is 1.31 bits per heavy atom. The van der Waals surface area contributed by atoms with Crippen molar-refractivity contribution in [2.45, 2.75) is 51.6 Å². The number of nitrogens with zero attached hydrogens (tertiary/aromatic N) is 6. The lowest BCUT2D eigenvalue weighted by Crippen LogP contribution is -2.35. The number of carbonyl (C=O) groups is 1. The second kappa shape index (κ2) is 9.12. The summed E-state index contributed by atoms with van der Waals surface area (Å²) in [4.78, 5) is 30.6. The number of hydrogen-bond donors (Lipinski definition) is 3. The van der Waals surface area contributed by atoms with Crippen LogP contribution in [0.1, 0.15) is 51.1 Å². The lowest BCUT2D eigenvalue weighted by atomic mass is 9.87. The molecule has 11 heteroatoms. The molecule has 1 aromatic carbocycles. The molecule has 35 heavy (non-hydrogen) atoms. The fourth-order valence-corrected chi connectivity index (χ4v) is 5.32. The van der Waals surface area contributed by atoms with Crippen molar-refractivity contribution < 1.29 is 4.79 Å². The van der Waals surface area contributed by atoms with Gasteiger partial charge < -0.3 is 16.4 Å². The molecule has 3 heterocycles. The van der Waals surface area contributed by atoms with Crippen LogP contribution < -0.4 is 16.4 Å². The highest BCUT2D eigenvalue weighted by Crippen LogP contribution is 2.39. The SMILES string of the molecule is CC[C@@H](N)c1cc(-n2nc(Br)c3cnc(N[C@@H]4CC[C@@](C)(C(=O)NC)C4)nc32)cc2nccnc12. The first kappa shape index (κ1) is 23.6. The maximum Gasteiger partial charge on any atom is 0.225 e. The van der Waals surface area contributed by atoms with Crippen LogP contribution in [0.2, 0.25) is 0 Å². The van der Waals surface area contributed by atoms with E-state index in [0.29, 0.717) is 16.2 Å². The average molecular weight is 538 g/mol. The third-order valence-electron chi connectivity index (χ3n) is 6.90. The molecular weight excluding hydrogens is 510 g/mol. The molecule has 0 saturated heterocycles. The van der Waals surface area contributed by atoms with Crippen LogP contribution in [0, 0.1) is 5.41 Å². The highest BCUT2D eigenvalue weighted by molar-refractivity contribution is 9.10. The lowest BCUT2D eigenvalue weighted by Gasteiger charge is -2.22. The minimum absolute atomic E-state index is 0.0701. The van der Waals surface area contributed by atoms with Gasteiger partial charge in [-0.3, -0.25) is 14.8 Å². The van der Waals surface area contributed by atoms with Crippen LogP contribution in [0.5, 0.6) is 0 Å². The number of hydrogen-bond acceptors (Lipinski definition) is 8. The van der Waals surface area contributed by atoms with Gasteiger partial charge in [0, 0.05) is 43.1 Å². The zero-order chi connectivity index (χ0) is 24.7. The molecule has 5 rings (SSSR count). The van der Waals surface area contributed by atoms with Crippen LogP contribution in [-0.4, -0.2) is 48.7 Å². The molecule has 1 fully saturated rings. The highest BCUT2D eigenvalue weighted by Gasteiger charge is 2.41. The maximum atomic E-state index is 12.3. The summed E-state index contributed by atoms with van der Waals surface area (Å²) in [7, 11) is 1.68. The van der Waals surface area contributed by atoms with Crippen molar-refractivity contribution in [3.05, 3.63) is 40.9 Å². The molecular formula is C24H28BrN9O. The Labute approximate surface area is 211 Å². The zero-order valence-corrected chi connectivity index (χ0v) is 21.5. The monoisotopic (exact) mass is 537 g/mol. The van der Waals surface area contributed by atoms with Gasteiger partial charge in [-0.15, -0.1) is 0 Å². The minimum Gasteiger partial charge on any atom is -0.359 e. The summed E-state index contributed by atoms with van der Waals surface area (Å²) in [5.74, 6) is 0.573. The number of anilines is 1. The number of aromatic nitrogens is 6. The minimum atomic E-state index is -0.387. The molecule has 4 aromatic rings. The standard InChI is InChI=1S/C24H28BrN9O/c1-4-17(26)15-9-14(10-18-19(15)29-8-7-28-18)34-21-16(20(25)33-34)12-30-23(32-21)31-13-5-6-24(2,11-13)22(35)27-3/h7-10,12-13,17H,4-6,11,26H2,1-3H3,(H,27,35)(H,30,31,32)/t13-,17-,24-/m1/s1. The van der Waals surface area contributed by atoms with Crippen LogP contribution >= 0.6 is 15.9 Å². The van der Waals surface area contributed by atoms with Crippen molar-refractivity contribution in [3.8, 4) is 5.69 Å². The molecule has 182 valence electrons. The summed E-state index contributed by atoms with van der Waals surface area (Å²) in [6.07, 6.45) is 8.28. The van der Waals surface area contributed by atoms with Crippen molar-refractivity contribution in [3.63, 3.8) is 0 Å². The topological polar surface area (TPSA) is 137 Å². The number of halogens is 1. The lowest BCUT2D eigenvalue weighted by molar-refractivity contribution is -0.129. The van der Waals surface area contributed by atoms with Gasteiger partial charge in [-0.25, -0.2) is 9.67 Å². The van der Waals surface area contributed by atoms with E-state index in [-0.39, 0.29) is 23.4 Å². The van der Waals surface area contributed by atoms with Crippen molar-refractivity contribution >= 4 is 49.9 Å². The fourth-order valence-electron chi connectivity index (χ4n) is 4.88. The quantitative estimate of drug-likeness (QED) is 0.339. The first-order valence-corrected chi connectivity index (χ1v) is 12.5. The van der Waals surface area contributed by atoms with Gasteiger partial charge in [-0.05, 0) is 59.3 Å². The summed E-state index contributed by atoms with van der Waals surface area (Å²) >= 11 is 3.55. The molecule has 1 amide bonds. The maximum absolute atomic E-state index is 12.3. The second-order valence-corrected chi connectivity index (χ2v) is 10.1. The number of fused-ring (bicyclic) bond motifs is 2. The van der Waals surface area contributed by atoms with Gasteiger partial charge in [0.05, 0.1) is 22.1 Å². The Bertz CT molecular complexity index is 1420. The molecule has 3 atom stereocenters. The zero-order valence-electron chi connectivity index (χ0n) is 19.9. The van der Waals surface area contributed by atoms with Crippen molar-refractivity contribution in [1.82, 2.24) is 35.0 Å². The van der Waals surface area contributed by atoms with Gasteiger partial charge >= 0.3 is 0 Å². The van der Waals surface area contributed by atoms with E-state index in [2.05, 4.69) is 46.6 Å². The van der Waals surface area contributed by atoms with E-state index in [0.717, 1.165) is 53.4 Å². The molecule has 4 N–H and O–H groups in total. The molecule has 0 spiro atoms. The predicted octanol–water partition coefficient (Wildman–Crippen LogP) is 3.65. The van der Waals surface area contributed by atoms with E-state index < -0.39 is 0 Å². The van der Waals surface area contributed by atoms with E-state index in [1.807, 2.05) is 26.0 Å².